The third kappa shape index (κ3) is 11.9. The molecule has 0 bridgehead atoms. The first-order valence-corrected chi connectivity index (χ1v) is 6.23. The molecule has 85 valence electrons. The Morgan fingerprint density at radius 3 is 2.00 bits per heavy atom. The molecule has 3 nitrogen and oxygen atoms in total. The molecule has 0 saturated carbocycles. The van der Waals surface area contributed by atoms with Crippen molar-refractivity contribution < 1.29 is 13.0 Å². The van der Waals surface area contributed by atoms with Crippen molar-refractivity contribution in [1.29, 1.82) is 0 Å². The van der Waals surface area contributed by atoms with Gasteiger partial charge >= 0.3 is 0 Å². The van der Waals surface area contributed by atoms with Crippen molar-refractivity contribution in [3.63, 3.8) is 0 Å². The SMILES string of the molecule is C=Cc1ccccc1.CCCS(=O)(=O)O.[Na]. The van der Waals surface area contributed by atoms with Crippen LogP contribution in [-0.4, -0.2) is 48.3 Å². The van der Waals surface area contributed by atoms with Crippen molar-refractivity contribution in [3.8, 4) is 0 Å². The van der Waals surface area contributed by atoms with Gasteiger partial charge in [0.1, 0.15) is 0 Å². The van der Waals surface area contributed by atoms with Gasteiger partial charge in [0.15, 0.2) is 0 Å². The third-order valence-electron chi connectivity index (χ3n) is 1.50. The fraction of sp³-hybridized carbons (Fsp3) is 0.273. The van der Waals surface area contributed by atoms with Crippen molar-refractivity contribution >= 4 is 45.8 Å². The Balaban J connectivity index is 0. The quantitative estimate of drug-likeness (QED) is 0.662. The van der Waals surface area contributed by atoms with Crippen LogP contribution in [-0.2, 0) is 10.1 Å². The summed E-state index contributed by atoms with van der Waals surface area (Å²) in [6.07, 6.45) is 2.30. The van der Waals surface area contributed by atoms with Gasteiger partial charge in [-0.15, -0.1) is 0 Å². The van der Waals surface area contributed by atoms with E-state index in [1.165, 1.54) is 5.56 Å². The van der Waals surface area contributed by atoms with Crippen LogP contribution in [0.15, 0.2) is 36.9 Å². The standard InChI is InChI=1S/C8H8.C3H8O3S.Na/c1-2-8-6-4-3-5-7-8;1-2-3-7(4,5)6;/h2-7H,1H2;2-3H2,1H3,(H,4,5,6);. The van der Waals surface area contributed by atoms with Gasteiger partial charge in [0.25, 0.3) is 10.1 Å². The first-order chi connectivity index (χ1) is 6.99. The molecular formula is C11H16NaO3S. The van der Waals surface area contributed by atoms with Gasteiger partial charge in [-0.1, -0.05) is 49.9 Å². The summed E-state index contributed by atoms with van der Waals surface area (Å²) in [4.78, 5) is 0. The maximum Gasteiger partial charge on any atom is 0.264 e. The zero-order chi connectivity index (χ0) is 11.7. The monoisotopic (exact) mass is 251 g/mol. The van der Waals surface area contributed by atoms with Crippen LogP contribution in [0.3, 0.4) is 0 Å². The van der Waals surface area contributed by atoms with Crippen LogP contribution >= 0.6 is 0 Å². The summed E-state index contributed by atoms with van der Waals surface area (Å²) in [5.41, 5.74) is 1.17. The summed E-state index contributed by atoms with van der Waals surface area (Å²) in [6.45, 7) is 5.32. The van der Waals surface area contributed by atoms with Crippen molar-refractivity contribution in [2.75, 3.05) is 5.75 Å². The van der Waals surface area contributed by atoms with Gasteiger partial charge in [-0.2, -0.15) is 8.42 Å². The van der Waals surface area contributed by atoms with Gasteiger partial charge in [-0.05, 0) is 12.0 Å². The average Bonchev–Trinajstić information content (AvgIpc) is 2.18. The molecule has 0 heterocycles. The second-order valence-corrected chi connectivity index (χ2v) is 4.47. The Morgan fingerprint density at radius 1 is 1.31 bits per heavy atom. The van der Waals surface area contributed by atoms with Gasteiger partial charge in [-0.3, -0.25) is 4.55 Å². The predicted molar refractivity (Wildman–Crippen MR) is 69.0 cm³/mol. The summed E-state index contributed by atoms with van der Waals surface area (Å²) in [5.74, 6) is -0.132. The number of hydrogen-bond acceptors (Lipinski definition) is 2. The largest absolute Gasteiger partial charge is 0.286 e. The van der Waals surface area contributed by atoms with Crippen LogP contribution in [0, 0.1) is 0 Å². The van der Waals surface area contributed by atoms with E-state index >= 15 is 0 Å². The van der Waals surface area contributed by atoms with Gasteiger partial charge in [0, 0.05) is 29.6 Å². The Bertz CT molecular complexity index is 373. The zero-order valence-corrected chi connectivity index (χ0v) is 12.6. The van der Waals surface area contributed by atoms with E-state index in [9.17, 15) is 8.42 Å². The minimum Gasteiger partial charge on any atom is -0.286 e. The number of hydrogen-bond donors (Lipinski definition) is 1. The van der Waals surface area contributed by atoms with Gasteiger partial charge in [0.2, 0.25) is 0 Å². The fourth-order valence-electron chi connectivity index (χ4n) is 0.847. The summed E-state index contributed by atoms with van der Waals surface area (Å²) in [6, 6.07) is 10.0. The van der Waals surface area contributed by atoms with Crippen molar-refractivity contribution in [3.05, 3.63) is 42.5 Å². The maximum absolute atomic E-state index is 9.79. The van der Waals surface area contributed by atoms with E-state index < -0.39 is 10.1 Å². The molecule has 1 radical (unpaired) electrons. The molecule has 1 aromatic rings. The normalized spacial score (nSPS) is 9.38. The molecule has 1 rings (SSSR count). The fourth-order valence-corrected chi connectivity index (χ4v) is 1.36. The molecule has 0 saturated heterocycles. The van der Waals surface area contributed by atoms with Crippen LogP contribution in [0.1, 0.15) is 18.9 Å². The van der Waals surface area contributed by atoms with Crippen LogP contribution in [0.5, 0.6) is 0 Å². The van der Waals surface area contributed by atoms with E-state index in [4.69, 9.17) is 4.55 Å². The summed E-state index contributed by atoms with van der Waals surface area (Å²) >= 11 is 0. The second-order valence-electron chi connectivity index (χ2n) is 2.90. The zero-order valence-electron chi connectivity index (χ0n) is 9.76. The third-order valence-corrected chi connectivity index (χ3v) is 2.42. The average molecular weight is 251 g/mol. The molecule has 0 aliphatic carbocycles. The van der Waals surface area contributed by atoms with E-state index in [2.05, 4.69) is 6.58 Å². The Kier molecular flexibility index (Phi) is 11.5. The molecule has 0 aromatic heterocycles. The van der Waals surface area contributed by atoms with Crippen molar-refractivity contribution in [1.82, 2.24) is 0 Å². The molecular weight excluding hydrogens is 235 g/mol. The smallest absolute Gasteiger partial charge is 0.264 e. The number of benzene rings is 1. The molecule has 0 atom stereocenters. The molecule has 1 aromatic carbocycles. The molecule has 1 N–H and O–H groups in total. The maximum atomic E-state index is 9.79. The minimum absolute atomic E-state index is 0. The predicted octanol–water partition coefficient (Wildman–Crippen LogP) is 2.23. The van der Waals surface area contributed by atoms with E-state index in [-0.39, 0.29) is 35.3 Å². The molecule has 0 unspecified atom stereocenters. The van der Waals surface area contributed by atoms with Gasteiger partial charge in [0.05, 0.1) is 5.75 Å². The van der Waals surface area contributed by atoms with Crippen LogP contribution in [0.25, 0.3) is 6.08 Å². The van der Waals surface area contributed by atoms with E-state index in [1.54, 1.807) is 6.92 Å². The van der Waals surface area contributed by atoms with Crippen LogP contribution in [0.2, 0.25) is 0 Å². The Morgan fingerprint density at radius 2 is 1.81 bits per heavy atom. The van der Waals surface area contributed by atoms with Gasteiger partial charge < -0.3 is 0 Å². The molecule has 0 fully saturated rings. The summed E-state index contributed by atoms with van der Waals surface area (Å²) in [5, 5.41) is 0. The molecule has 0 aliphatic rings. The summed E-state index contributed by atoms with van der Waals surface area (Å²) in [7, 11) is -3.67. The van der Waals surface area contributed by atoms with Crippen LogP contribution < -0.4 is 0 Å². The summed E-state index contributed by atoms with van der Waals surface area (Å²) < 4.78 is 27.6. The van der Waals surface area contributed by atoms with E-state index in [1.807, 2.05) is 36.4 Å². The van der Waals surface area contributed by atoms with Crippen molar-refractivity contribution in [2.45, 2.75) is 13.3 Å². The van der Waals surface area contributed by atoms with Crippen molar-refractivity contribution in [2.24, 2.45) is 0 Å². The topological polar surface area (TPSA) is 54.4 Å². The molecule has 0 aliphatic heterocycles. The van der Waals surface area contributed by atoms with Gasteiger partial charge in [-0.25, -0.2) is 0 Å². The van der Waals surface area contributed by atoms with E-state index in [0.717, 1.165) is 0 Å². The van der Waals surface area contributed by atoms with Crippen LogP contribution in [0.4, 0.5) is 0 Å². The molecule has 5 heteroatoms. The Hall–Kier alpha value is -0.130. The number of rotatable bonds is 3. The van der Waals surface area contributed by atoms with E-state index in [0.29, 0.717) is 6.42 Å². The minimum atomic E-state index is -3.67. The molecule has 0 spiro atoms. The molecule has 0 amide bonds. The first-order valence-electron chi connectivity index (χ1n) is 4.62. The first kappa shape index (κ1) is 18.2. The second kappa shape index (κ2) is 10.1. The Labute approximate surface area is 120 Å². The molecule has 16 heavy (non-hydrogen) atoms.